The smallest absolute Gasteiger partial charge is 0.317 e. The fourth-order valence-electron chi connectivity index (χ4n) is 3.56. The Labute approximate surface area is 161 Å². The van der Waals surface area contributed by atoms with Gasteiger partial charge in [-0.1, -0.05) is 30.3 Å². The highest BCUT2D eigenvalue weighted by Gasteiger charge is 2.27. The lowest BCUT2D eigenvalue weighted by molar-refractivity contribution is 0.0283. The second-order valence-corrected chi connectivity index (χ2v) is 8.16. The number of nitrogens with one attached hydrogen (secondary N) is 1. The van der Waals surface area contributed by atoms with E-state index >= 15 is 0 Å². The van der Waals surface area contributed by atoms with Gasteiger partial charge in [-0.15, -0.1) is 0 Å². The first kappa shape index (κ1) is 19.5. The van der Waals surface area contributed by atoms with Crippen molar-refractivity contribution in [2.75, 3.05) is 57.4 Å². The molecule has 0 aliphatic carbocycles. The second-order valence-electron chi connectivity index (χ2n) is 7.01. The number of nitrogens with zero attached hydrogens (tertiary/aromatic N) is 2. The summed E-state index contributed by atoms with van der Waals surface area (Å²) >= 11 is 1.98. The molecule has 1 N–H and O–H groups in total. The minimum atomic E-state index is 0.110. The molecule has 144 valence electrons. The van der Waals surface area contributed by atoms with Crippen LogP contribution in [0.2, 0.25) is 0 Å². The van der Waals surface area contributed by atoms with Gasteiger partial charge in [0.1, 0.15) is 0 Å². The topological polar surface area (TPSA) is 44.8 Å². The summed E-state index contributed by atoms with van der Waals surface area (Å²) in [5, 5.41) is 3.15. The Bertz CT molecular complexity index is 537. The summed E-state index contributed by atoms with van der Waals surface area (Å²) in [5.41, 5.74) is 1.33. The molecule has 1 atom stereocenters. The van der Waals surface area contributed by atoms with E-state index in [0.29, 0.717) is 6.04 Å². The summed E-state index contributed by atoms with van der Waals surface area (Å²) in [4.78, 5) is 17.3. The van der Waals surface area contributed by atoms with Crippen molar-refractivity contribution in [1.29, 1.82) is 0 Å². The maximum Gasteiger partial charge on any atom is 0.317 e. The van der Waals surface area contributed by atoms with Gasteiger partial charge < -0.3 is 15.0 Å². The largest absolute Gasteiger partial charge is 0.379 e. The first-order valence-electron chi connectivity index (χ1n) is 9.79. The predicted molar refractivity (Wildman–Crippen MR) is 108 cm³/mol. The molecule has 1 aromatic rings. The first-order valence-corrected chi connectivity index (χ1v) is 10.9. The van der Waals surface area contributed by atoms with Crippen LogP contribution in [0.1, 0.15) is 18.4 Å². The molecule has 0 aromatic heterocycles. The van der Waals surface area contributed by atoms with Gasteiger partial charge in [0.05, 0.1) is 19.3 Å². The predicted octanol–water partition coefficient (Wildman–Crippen LogP) is 2.47. The first-order chi connectivity index (χ1) is 12.8. The molecular formula is C20H31N3O2S. The molecule has 0 radical (unpaired) electrons. The molecule has 3 rings (SSSR count). The number of rotatable bonds is 6. The summed E-state index contributed by atoms with van der Waals surface area (Å²) in [5.74, 6) is 2.19. The van der Waals surface area contributed by atoms with E-state index in [-0.39, 0.29) is 6.03 Å². The van der Waals surface area contributed by atoms with Crippen molar-refractivity contribution < 1.29 is 9.53 Å². The highest BCUT2D eigenvalue weighted by molar-refractivity contribution is 7.99. The molecule has 1 aromatic carbocycles. The van der Waals surface area contributed by atoms with Gasteiger partial charge in [0.25, 0.3) is 0 Å². The zero-order valence-corrected chi connectivity index (χ0v) is 16.4. The van der Waals surface area contributed by atoms with E-state index in [4.69, 9.17) is 4.74 Å². The maximum atomic E-state index is 12.8. The quantitative estimate of drug-likeness (QED) is 0.774. The van der Waals surface area contributed by atoms with Crippen LogP contribution in [-0.2, 0) is 11.2 Å². The third-order valence-corrected chi connectivity index (χ3v) is 6.23. The molecule has 2 heterocycles. The molecule has 26 heavy (non-hydrogen) atoms. The summed E-state index contributed by atoms with van der Waals surface area (Å²) in [7, 11) is 0. The number of aryl methyl sites for hydroxylation is 1. The minimum absolute atomic E-state index is 0.110. The SMILES string of the molecule is O=C(NCCCc1ccccc1)N1CCCSC[C@H]1CN1CCOCC1. The Morgan fingerprint density at radius 2 is 2.00 bits per heavy atom. The monoisotopic (exact) mass is 377 g/mol. The van der Waals surface area contributed by atoms with Crippen LogP contribution < -0.4 is 5.32 Å². The Kier molecular flexibility index (Phi) is 8.11. The third kappa shape index (κ3) is 6.18. The number of carbonyl (C=O) groups excluding carboxylic acids is 1. The number of hydrogen-bond donors (Lipinski definition) is 1. The van der Waals surface area contributed by atoms with Crippen LogP contribution in [0, 0.1) is 0 Å². The summed E-state index contributed by atoms with van der Waals surface area (Å²) < 4.78 is 5.45. The van der Waals surface area contributed by atoms with Gasteiger partial charge in [-0.2, -0.15) is 11.8 Å². The van der Waals surface area contributed by atoms with Crippen LogP contribution in [0.4, 0.5) is 4.79 Å². The van der Waals surface area contributed by atoms with Crippen LogP contribution in [0.5, 0.6) is 0 Å². The van der Waals surface area contributed by atoms with E-state index in [1.807, 2.05) is 17.8 Å². The number of benzene rings is 1. The van der Waals surface area contributed by atoms with Gasteiger partial charge in [0, 0.05) is 38.5 Å². The Morgan fingerprint density at radius 3 is 2.81 bits per heavy atom. The fourth-order valence-corrected chi connectivity index (χ4v) is 4.62. The lowest BCUT2D eigenvalue weighted by atomic mass is 10.1. The highest BCUT2D eigenvalue weighted by atomic mass is 32.2. The van der Waals surface area contributed by atoms with Crippen LogP contribution in [0.3, 0.4) is 0 Å². The zero-order chi connectivity index (χ0) is 18.0. The summed E-state index contributed by atoms with van der Waals surface area (Å²) in [6, 6.07) is 10.9. The van der Waals surface area contributed by atoms with E-state index < -0.39 is 0 Å². The lowest BCUT2D eigenvalue weighted by Crippen LogP contribution is -2.53. The molecule has 2 fully saturated rings. The van der Waals surface area contributed by atoms with Crippen molar-refractivity contribution in [2.45, 2.75) is 25.3 Å². The van der Waals surface area contributed by atoms with Crippen LogP contribution in [0.25, 0.3) is 0 Å². The third-order valence-electron chi connectivity index (χ3n) is 5.03. The molecule has 2 aliphatic rings. The van der Waals surface area contributed by atoms with E-state index in [2.05, 4.69) is 39.4 Å². The number of carbonyl (C=O) groups is 1. The van der Waals surface area contributed by atoms with Crippen LogP contribution >= 0.6 is 11.8 Å². The standard InChI is InChI=1S/C20H31N3O2S/c24-20(21-9-4-8-18-6-2-1-3-7-18)23-10-5-15-26-17-19(23)16-22-11-13-25-14-12-22/h1-3,6-7,19H,4-5,8-17H2,(H,21,24)/t19-/m1/s1. The van der Waals surface area contributed by atoms with Crippen molar-refractivity contribution >= 4 is 17.8 Å². The Hall–Kier alpha value is -1.24. The van der Waals surface area contributed by atoms with E-state index in [1.54, 1.807) is 0 Å². The van der Waals surface area contributed by atoms with Gasteiger partial charge in [-0.05, 0) is 30.6 Å². The normalized spacial score (nSPS) is 22.0. The molecule has 0 spiro atoms. The Balaban J connectivity index is 1.46. The molecule has 2 aliphatic heterocycles. The number of amides is 2. The fraction of sp³-hybridized carbons (Fsp3) is 0.650. The number of thioether (sulfide) groups is 1. The average molecular weight is 378 g/mol. The van der Waals surface area contributed by atoms with Crippen molar-refractivity contribution in [3.63, 3.8) is 0 Å². The number of ether oxygens (including phenoxy) is 1. The molecule has 2 saturated heterocycles. The molecule has 0 saturated carbocycles. The van der Waals surface area contributed by atoms with Gasteiger partial charge in [-0.25, -0.2) is 4.79 Å². The van der Waals surface area contributed by atoms with Crippen molar-refractivity contribution in [1.82, 2.24) is 15.1 Å². The summed E-state index contributed by atoms with van der Waals surface area (Å²) in [6.07, 6.45) is 3.07. The Morgan fingerprint density at radius 1 is 1.19 bits per heavy atom. The van der Waals surface area contributed by atoms with Crippen LogP contribution in [-0.4, -0.2) is 79.3 Å². The van der Waals surface area contributed by atoms with Crippen molar-refractivity contribution in [3.05, 3.63) is 35.9 Å². The molecule has 0 bridgehead atoms. The summed E-state index contributed by atoms with van der Waals surface area (Å²) in [6.45, 7) is 6.15. The van der Waals surface area contributed by atoms with Crippen LogP contribution in [0.15, 0.2) is 30.3 Å². The maximum absolute atomic E-state index is 12.8. The van der Waals surface area contributed by atoms with E-state index in [1.165, 1.54) is 5.56 Å². The van der Waals surface area contributed by atoms with Crippen molar-refractivity contribution in [3.8, 4) is 0 Å². The molecule has 6 heteroatoms. The zero-order valence-electron chi connectivity index (χ0n) is 15.6. The number of urea groups is 1. The van der Waals surface area contributed by atoms with Gasteiger partial charge in [-0.3, -0.25) is 4.90 Å². The van der Waals surface area contributed by atoms with Crippen molar-refractivity contribution in [2.24, 2.45) is 0 Å². The van der Waals surface area contributed by atoms with Gasteiger partial charge >= 0.3 is 6.03 Å². The molecular weight excluding hydrogens is 346 g/mol. The van der Waals surface area contributed by atoms with E-state index in [9.17, 15) is 4.79 Å². The number of hydrogen-bond acceptors (Lipinski definition) is 4. The number of morpholine rings is 1. The molecule has 5 nitrogen and oxygen atoms in total. The highest BCUT2D eigenvalue weighted by Crippen LogP contribution is 2.18. The van der Waals surface area contributed by atoms with Gasteiger partial charge in [0.15, 0.2) is 0 Å². The minimum Gasteiger partial charge on any atom is -0.379 e. The lowest BCUT2D eigenvalue weighted by Gasteiger charge is -2.35. The molecule has 0 unspecified atom stereocenters. The van der Waals surface area contributed by atoms with Gasteiger partial charge in [0.2, 0.25) is 0 Å². The molecule has 2 amide bonds. The van der Waals surface area contributed by atoms with E-state index in [0.717, 1.165) is 76.7 Å². The average Bonchev–Trinajstić information content (AvgIpc) is 2.92. The second kappa shape index (κ2) is 10.8.